The largest absolute Gasteiger partial charge is 0.205 e. The van der Waals surface area contributed by atoms with E-state index in [1.165, 1.54) is 81.9 Å². The Balaban J connectivity index is 1.90. The van der Waals surface area contributed by atoms with Gasteiger partial charge in [0.2, 0.25) is 0 Å². The molecule has 1 rings (SSSR count). The Morgan fingerprint density at radius 2 is 1.33 bits per heavy atom. The number of aryl methyl sites for hydroxylation is 1. The van der Waals surface area contributed by atoms with E-state index in [0.717, 1.165) is 12.3 Å². The van der Waals surface area contributed by atoms with Gasteiger partial charge in [0.25, 0.3) is 0 Å². The summed E-state index contributed by atoms with van der Waals surface area (Å²) in [6, 6.07) is 4.43. The van der Waals surface area contributed by atoms with E-state index >= 15 is 0 Å². The zero-order chi connectivity index (χ0) is 17.3. The molecule has 24 heavy (non-hydrogen) atoms. The fourth-order valence-corrected chi connectivity index (χ4v) is 3.60. The third-order valence-electron chi connectivity index (χ3n) is 4.50. The second kappa shape index (κ2) is 15.7. The molecule has 1 aromatic rings. The molecule has 0 aliphatic carbocycles. The van der Waals surface area contributed by atoms with Gasteiger partial charge in [-0.3, -0.25) is 0 Å². The van der Waals surface area contributed by atoms with Crippen molar-refractivity contribution in [2.75, 3.05) is 5.75 Å². The zero-order valence-corrected chi connectivity index (χ0v) is 16.7. The number of aromatic nitrogens is 1. The predicted molar refractivity (Wildman–Crippen MR) is 109 cm³/mol. The van der Waals surface area contributed by atoms with Crippen LogP contribution < -0.4 is 4.57 Å². The molecule has 2 heteroatoms. The van der Waals surface area contributed by atoms with E-state index in [1.807, 2.05) is 17.8 Å². The summed E-state index contributed by atoms with van der Waals surface area (Å²) in [5.41, 5.74) is 0. The van der Waals surface area contributed by atoms with E-state index in [1.54, 1.807) is 0 Å². The van der Waals surface area contributed by atoms with Crippen molar-refractivity contribution in [3.8, 4) is 0 Å². The molecule has 1 aromatic heterocycles. The molecular formula is C22H38NS+. The fraction of sp³-hybridized carbons (Fsp3) is 0.682. The highest BCUT2D eigenvalue weighted by molar-refractivity contribution is 7.99. The maximum absolute atomic E-state index is 3.76. The number of rotatable bonds is 16. The number of unbranched alkanes of at least 4 members (excludes halogenated alkanes) is 11. The van der Waals surface area contributed by atoms with Crippen LogP contribution in [0.25, 0.3) is 0 Å². The topological polar surface area (TPSA) is 3.88 Å². The number of pyridine rings is 1. The van der Waals surface area contributed by atoms with Gasteiger partial charge in [-0.2, -0.15) is 0 Å². The first-order valence-electron chi connectivity index (χ1n) is 10.1. The lowest BCUT2D eigenvalue weighted by Crippen LogP contribution is -2.32. The first kappa shape index (κ1) is 21.3. The van der Waals surface area contributed by atoms with Crippen molar-refractivity contribution in [1.82, 2.24) is 0 Å². The van der Waals surface area contributed by atoms with Crippen LogP contribution in [0.2, 0.25) is 0 Å². The summed E-state index contributed by atoms with van der Waals surface area (Å²) >= 11 is 1.84. The van der Waals surface area contributed by atoms with Crippen LogP contribution in [-0.2, 0) is 6.54 Å². The molecule has 0 amide bonds. The number of nitrogens with zero attached hydrogens (tertiary/aromatic N) is 1. The minimum absolute atomic E-state index is 0.989. The van der Waals surface area contributed by atoms with Crippen LogP contribution in [-0.4, -0.2) is 5.75 Å². The molecule has 0 N–H and O–H groups in total. The molecule has 0 bridgehead atoms. The van der Waals surface area contributed by atoms with Gasteiger partial charge in [0.1, 0.15) is 6.54 Å². The summed E-state index contributed by atoms with van der Waals surface area (Å²) in [7, 11) is 0. The Hall–Kier alpha value is -0.760. The number of hydrogen-bond acceptors (Lipinski definition) is 1. The first-order chi connectivity index (χ1) is 11.9. The quantitative estimate of drug-likeness (QED) is 0.135. The molecule has 0 fully saturated rings. The minimum atomic E-state index is 0.989. The molecule has 1 heterocycles. The highest BCUT2D eigenvalue weighted by Gasteiger charge is 2.01. The maximum atomic E-state index is 3.76. The molecule has 0 spiro atoms. The van der Waals surface area contributed by atoms with Crippen molar-refractivity contribution < 1.29 is 4.57 Å². The lowest BCUT2D eigenvalue weighted by atomic mass is 10.1. The van der Waals surface area contributed by atoms with Crippen LogP contribution in [0.15, 0.2) is 42.1 Å². The Morgan fingerprint density at radius 1 is 0.833 bits per heavy atom. The molecule has 0 aromatic carbocycles. The van der Waals surface area contributed by atoms with Crippen LogP contribution in [0.5, 0.6) is 0 Å². The van der Waals surface area contributed by atoms with Crippen LogP contribution in [0.4, 0.5) is 0 Å². The molecular weight excluding hydrogens is 310 g/mol. The molecule has 0 saturated carbocycles. The van der Waals surface area contributed by atoms with Crippen molar-refractivity contribution in [2.24, 2.45) is 0 Å². The molecule has 0 saturated heterocycles. The van der Waals surface area contributed by atoms with E-state index in [-0.39, 0.29) is 0 Å². The van der Waals surface area contributed by atoms with Crippen molar-refractivity contribution in [3.63, 3.8) is 0 Å². The summed E-state index contributed by atoms with van der Waals surface area (Å²) in [6.07, 6.45) is 23.4. The van der Waals surface area contributed by atoms with Gasteiger partial charge < -0.3 is 0 Å². The van der Waals surface area contributed by atoms with E-state index in [2.05, 4.69) is 42.6 Å². The van der Waals surface area contributed by atoms with Gasteiger partial charge in [-0.05, 0) is 6.42 Å². The van der Waals surface area contributed by atoms with Crippen molar-refractivity contribution in [1.29, 1.82) is 0 Å². The van der Waals surface area contributed by atoms with Gasteiger partial charge in [0, 0.05) is 29.2 Å². The Bertz CT molecular complexity index is 399. The molecule has 0 unspecified atom stereocenters. The summed E-state index contributed by atoms with van der Waals surface area (Å²) in [5.74, 6) is 0.989. The van der Waals surface area contributed by atoms with Gasteiger partial charge in [-0.1, -0.05) is 77.2 Å². The minimum Gasteiger partial charge on any atom is -0.205 e. The van der Waals surface area contributed by atoms with Crippen LogP contribution in [0.1, 0.15) is 84.0 Å². The molecule has 0 aliphatic heterocycles. The number of hydrogen-bond donors (Lipinski definition) is 0. The summed E-state index contributed by atoms with van der Waals surface area (Å²) in [5, 5.41) is 0. The van der Waals surface area contributed by atoms with Gasteiger partial charge in [0.05, 0.1) is 0 Å². The highest BCUT2D eigenvalue weighted by Crippen LogP contribution is 2.15. The number of thioether (sulfide) groups is 1. The smallest absolute Gasteiger partial charge is 0.169 e. The SMILES string of the molecule is C=CCSc1cc[n+](CCCCCCCCCCCCCC)cc1. The fourth-order valence-electron chi connectivity index (χ4n) is 2.98. The Morgan fingerprint density at radius 3 is 1.83 bits per heavy atom. The summed E-state index contributed by atoms with van der Waals surface area (Å²) < 4.78 is 2.31. The van der Waals surface area contributed by atoms with Gasteiger partial charge in [0.15, 0.2) is 12.4 Å². The first-order valence-corrected chi connectivity index (χ1v) is 11.1. The monoisotopic (exact) mass is 348 g/mol. The van der Waals surface area contributed by atoms with E-state index in [4.69, 9.17) is 0 Å². The van der Waals surface area contributed by atoms with Gasteiger partial charge in [-0.15, -0.1) is 18.3 Å². The lowest BCUT2D eigenvalue weighted by molar-refractivity contribution is -0.697. The standard InChI is InChI=1S/C22H38NS/c1-3-5-6-7-8-9-10-11-12-13-14-15-18-23-19-16-22(17-20-23)24-21-4-2/h4,16-17,19-20H,2-3,5-15,18,21H2,1H3/q+1. The Kier molecular flexibility index (Phi) is 14.0. The zero-order valence-electron chi connectivity index (χ0n) is 15.8. The van der Waals surface area contributed by atoms with Crippen molar-refractivity contribution in [3.05, 3.63) is 37.2 Å². The van der Waals surface area contributed by atoms with Crippen LogP contribution >= 0.6 is 11.8 Å². The van der Waals surface area contributed by atoms with Crippen LogP contribution in [0.3, 0.4) is 0 Å². The van der Waals surface area contributed by atoms with E-state index in [9.17, 15) is 0 Å². The van der Waals surface area contributed by atoms with Crippen LogP contribution in [0, 0.1) is 0 Å². The lowest BCUT2D eigenvalue weighted by Gasteiger charge is -2.02. The molecule has 0 aliphatic rings. The average Bonchev–Trinajstić information content (AvgIpc) is 2.62. The summed E-state index contributed by atoms with van der Waals surface area (Å²) in [6.45, 7) is 7.21. The van der Waals surface area contributed by atoms with Gasteiger partial charge >= 0.3 is 0 Å². The second-order valence-electron chi connectivity index (χ2n) is 6.76. The molecule has 0 radical (unpaired) electrons. The molecule has 1 nitrogen and oxygen atoms in total. The summed E-state index contributed by atoms with van der Waals surface area (Å²) in [4.78, 5) is 1.33. The predicted octanol–water partition coefficient (Wildman–Crippen LogP) is 6.95. The third-order valence-corrected chi connectivity index (χ3v) is 5.51. The van der Waals surface area contributed by atoms with Gasteiger partial charge in [-0.25, -0.2) is 4.57 Å². The highest BCUT2D eigenvalue weighted by atomic mass is 32.2. The average molecular weight is 349 g/mol. The third kappa shape index (κ3) is 11.7. The molecule has 0 atom stereocenters. The van der Waals surface area contributed by atoms with E-state index in [0.29, 0.717) is 0 Å². The molecule has 136 valence electrons. The van der Waals surface area contributed by atoms with Crippen molar-refractivity contribution in [2.45, 2.75) is 95.4 Å². The van der Waals surface area contributed by atoms with Crippen molar-refractivity contribution >= 4 is 11.8 Å². The normalized spacial score (nSPS) is 10.9. The van der Waals surface area contributed by atoms with E-state index < -0.39 is 0 Å². The Labute approximate surface area is 154 Å². The second-order valence-corrected chi connectivity index (χ2v) is 7.85. The maximum Gasteiger partial charge on any atom is 0.169 e.